The second-order valence-electron chi connectivity index (χ2n) is 5.49. The Kier molecular flexibility index (Phi) is 10.1. The lowest BCUT2D eigenvalue weighted by Gasteiger charge is -2.09. The predicted octanol–water partition coefficient (Wildman–Crippen LogP) is 4.60. The molecule has 2 rings (SSSR count). The first-order chi connectivity index (χ1) is 9.38. The van der Waals surface area contributed by atoms with E-state index < -0.39 is 0 Å². The van der Waals surface area contributed by atoms with E-state index in [1.807, 2.05) is 14.1 Å². The van der Waals surface area contributed by atoms with Gasteiger partial charge in [-0.3, -0.25) is 0 Å². The van der Waals surface area contributed by atoms with Crippen molar-refractivity contribution in [2.45, 2.75) is 77.5 Å². The maximum absolute atomic E-state index is 4.96. The van der Waals surface area contributed by atoms with Crippen LogP contribution in [-0.2, 0) is 0 Å². The Hall–Kier alpha value is -0.325. The second kappa shape index (κ2) is 11.5. The van der Waals surface area contributed by atoms with Gasteiger partial charge in [0.1, 0.15) is 0 Å². The van der Waals surface area contributed by atoms with Gasteiger partial charge in [0.05, 0.1) is 7.17 Å². The van der Waals surface area contributed by atoms with Gasteiger partial charge in [0, 0.05) is 14.8 Å². The monoisotopic (exact) mass is 252 g/mol. The summed E-state index contributed by atoms with van der Waals surface area (Å²) in [5, 5.41) is 0. The third-order valence-corrected chi connectivity index (χ3v) is 3.87. The molecule has 0 unspecified atom stereocenters. The molecule has 0 aromatic heterocycles. The van der Waals surface area contributed by atoms with Crippen molar-refractivity contribution in [3.8, 4) is 0 Å². The Bertz CT molecular complexity index is 254. The molecule has 0 fully saturated rings. The van der Waals surface area contributed by atoms with Gasteiger partial charge in [0.2, 0.25) is 0 Å². The first-order valence-corrected chi connectivity index (χ1v) is 8.13. The van der Waals surface area contributed by atoms with Gasteiger partial charge in [0.15, 0.2) is 0 Å². The van der Waals surface area contributed by atoms with E-state index in [0.717, 1.165) is 6.32 Å². The third-order valence-electron chi connectivity index (χ3n) is 3.87. The number of hydrogen-bond donors (Lipinski definition) is 0. The molecule has 0 bridgehead atoms. The van der Waals surface area contributed by atoms with Crippen LogP contribution in [0.1, 0.15) is 71.1 Å². The highest BCUT2D eigenvalue weighted by atomic mass is 14.1. The van der Waals surface area contributed by atoms with Gasteiger partial charge in [-0.1, -0.05) is 38.2 Å². The van der Waals surface area contributed by atoms with E-state index in [4.69, 9.17) is 7.74 Å². The standard InChI is InChI=1S/C14H22.C2H5B3/c1-2-6-10-13(9-5-1)14-11-7-3-4-8-12-14;1-2-4-5-3/h9,11H,1-8,10,12H2;2H2,1H3. The van der Waals surface area contributed by atoms with Crippen LogP contribution in [0.5, 0.6) is 0 Å². The number of rotatable bonds is 3. The predicted molar refractivity (Wildman–Crippen MR) is 90.1 cm³/mol. The van der Waals surface area contributed by atoms with E-state index in [2.05, 4.69) is 12.2 Å². The van der Waals surface area contributed by atoms with Gasteiger partial charge in [-0.05, 0) is 62.5 Å². The zero-order chi connectivity index (χ0) is 13.8. The minimum Gasteiger partial charge on any atom is -0.0923 e. The minimum absolute atomic E-state index is 1.04. The average Bonchev–Trinajstić information content (AvgIpc) is 2.85. The highest BCUT2D eigenvalue weighted by Crippen LogP contribution is 2.29. The van der Waals surface area contributed by atoms with Crippen LogP contribution in [0.3, 0.4) is 0 Å². The number of allylic oxidation sites excluding steroid dienone is 4. The fraction of sp³-hybridized carbons (Fsp3) is 0.750. The first-order valence-electron chi connectivity index (χ1n) is 8.13. The zero-order valence-corrected chi connectivity index (χ0v) is 12.7. The lowest BCUT2D eigenvalue weighted by atomic mass is 9.27. The Balaban J connectivity index is 0.000000312. The molecule has 0 spiro atoms. The van der Waals surface area contributed by atoms with Gasteiger partial charge < -0.3 is 0 Å². The van der Waals surface area contributed by atoms with Crippen LogP contribution in [0.25, 0.3) is 0 Å². The fourth-order valence-electron chi connectivity index (χ4n) is 2.75. The summed E-state index contributed by atoms with van der Waals surface area (Å²) in [4.78, 5) is 0. The van der Waals surface area contributed by atoms with E-state index in [1.165, 1.54) is 64.2 Å². The molecule has 0 aliphatic heterocycles. The Morgan fingerprint density at radius 2 is 1.42 bits per heavy atom. The molecule has 4 radical (unpaired) electrons. The van der Waals surface area contributed by atoms with Gasteiger partial charge in [-0.2, -0.15) is 0 Å². The summed E-state index contributed by atoms with van der Waals surface area (Å²) in [6, 6.07) is 0. The molecule has 2 aliphatic carbocycles. The Morgan fingerprint density at radius 3 is 1.79 bits per heavy atom. The molecular formula is C16H27B3. The molecule has 0 aromatic rings. The van der Waals surface area contributed by atoms with Crippen LogP contribution >= 0.6 is 0 Å². The van der Waals surface area contributed by atoms with Gasteiger partial charge in [0.25, 0.3) is 0 Å². The molecule has 100 valence electrons. The van der Waals surface area contributed by atoms with Crippen molar-refractivity contribution in [1.82, 2.24) is 0 Å². The summed E-state index contributed by atoms with van der Waals surface area (Å²) in [6.07, 6.45) is 20.0. The summed E-state index contributed by atoms with van der Waals surface area (Å²) in [7, 11) is 8.42. The first kappa shape index (κ1) is 16.7. The highest BCUT2D eigenvalue weighted by Gasteiger charge is 2.09. The molecule has 0 saturated heterocycles. The molecule has 0 aromatic carbocycles. The van der Waals surface area contributed by atoms with Crippen molar-refractivity contribution < 1.29 is 0 Å². The largest absolute Gasteiger partial charge is 0.0923 e. The molecule has 0 saturated carbocycles. The maximum atomic E-state index is 4.96. The summed E-state index contributed by atoms with van der Waals surface area (Å²) >= 11 is 0. The molecule has 0 amide bonds. The van der Waals surface area contributed by atoms with Crippen molar-refractivity contribution in [3.63, 3.8) is 0 Å². The number of hydrogen-bond acceptors (Lipinski definition) is 0. The lowest BCUT2D eigenvalue weighted by molar-refractivity contribution is 0.699. The lowest BCUT2D eigenvalue weighted by Crippen LogP contribution is -1.98. The molecule has 0 heterocycles. The fourth-order valence-corrected chi connectivity index (χ4v) is 2.75. The molecule has 3 heteroatoms. The normalized spacial score (nSPS) is 19.8. The minimum atomic E-state index is 1.04. The van der Waals surface area contributed by atoms with Crippen LogP contribution in [0.15, 0.2) is 23.3 Å². The second-order valence-corrected chi connectivity index (χ2v) is 5.49. The SMILES string of the molecule is C1=C(C2=CCCCCC2)CCCCC1.[B][B][B]CC. The van der Waals surface area contributed by atoms with Crippen LogP contribution in [0.2, 0.25) is 6.32 Å². The van der Waals surface area contributed by atoms with Crippen molar-refractivity contribution in [2.75, 3.05) is 0 Å². The van der Waals surface area contributed by atoms with E-state index in [1.54, 1.807) is 18.2 Å². The Morgan fingerprint density at radius 1 is 0.895 bits per heavy atom. The molecule has 19 heavy (non-hydrogen) atoms. The molecule has 0 N–H and O–H groups in total. The molecule has 0 atom stereocenters. The smallest absolute Gasteiger partial charge is 0.0541 e. The van der Waals surface area contributed by atoms with Crippen molar-refractivity contribution >= 4 is 22.0 Å². The van der Waals surface area contributed by atoms with Gasteiger partial charge in [-0.15, -0.1) is 0 Å². The summed E-state index contributed by atoms with van der Waals surface area (Å²) < 4.78 is 0. The quantitative estimate of drug-likeness (QED) is 0.643. The summed E-state index contributed by atoms with van der Waals surface area (Å²) in [5.41, 5.74) is 3.40. The molecule has 0 nitrogen and oxygen atoms in total. The average molecular weight is 252 g/mol. The molecular weight excluding hydrogens is 225 g/mol. The summed E-state index contributed by atoms with van der Waals surface area (Å²) in [6.45, 7) is 2.04. The summed E-state index contributed by atoms with van der Waals surface area (Å²) in [5.74, 6) is 0. The van der Waals surface area contributed by atoms with Crippen molar-refractivity contribution in [3.05, 3.63) is 23.3 Å². The zero-order valence-electron chi connectivity index (χ0n) is 12.7. The van der Waals surface area contributed by atoms with E-state index in [-0.39, 0.29) is 0 Å². The van der Waals surface area contributed by atoms with Crippen molar-refractivity contribution in [1.29, 1.82) is 0 Å². The van der Waals surface area contributed by atoms with Crippen LogP contribution < -0.4 is 0 Å². The van der Waals surface area contributed by atoms with Crippen LogP contribution in [0, 0.1) is 0 Å². The van der Waals surface area contributed by atoms with Gasteiger partial charge in [-0.25, -0.2) is 0 Å². The third kappa shape index (κ3) is 7.75. The van der Waals surface area contributed by atoms with E-state index >= 15 is 0 Å². The molecule has 2 aliphatic rings. The topological polar surface area (TPSA) is 0 Å². The van der Waals surface area contributed by atoms with Crippen LogP contribution in [-0.4, -0.2) is 22.0 Å². The van der Waals surface area contributed by atoms with Gasteiger partial charge >= 0.3 is 0 Å². The van der Waals surface area contributed by atoms with E-state index in [9.17, 15) is 0 Å². The Labute approximate surface area is 123 Å². The van der Waals surface area contributed by atoms with E-state index in [0.29, 0.717) is 0 Å². The van der Waals surface area contributed by atoms with Crippen molar-refractivity contribution in [2.24, 2.45) is 0 Å². The maximum Gasteiger partial charge on any atom is 0.0541 e. The van der Waals surface area contributed by atoms with Crippen LogP contribution in [0.4, 0.5) is 0 Å². The highest BCUT2D eigenvalue weighted by molar-refractivity contribution is 7.23.